The van der Waals surface area contributed by atoms with Crippen molar-refractivity contribution in [2.75, 3.05) is 19.8 Å². The number of carbonyl (C=O) groups is 1. The molecule has 0 saturated carbocycles. The molecule has 1 saturated heterocycles. The third kappa shape index (κ3) is 3.00. The summed E-state index contributed by atoms with van der Waals surface area (Å²) < 4.78 is 5.67. The van der Waals surface area contributed by atoms with Gasteiger partial charge < -0.3 is 9.64 Å². The van der Waals surface area contributed by atoms with Crippen molar-refractivity contribution in [3.63, 3.8) is 0 Å². The molecule has 1 amide bonds. The first-order valence-corrected chi connectivity index (χ1v) is 8.72. The van der Waals surface area contributed by atoms with E-state index in [9.17, 15) is 4.79 Å². The van der Waals surface area contributed by atoms with Crippen LogP contribution in [0.1, 0.15) is 11.6 Å². The number of rotatable bonds is 3. The smallest absolute Gasteiger partial charge is 0.246 e. The molecule has 0 radical (unpaired) electrons. The molecule has 1 fully saturated rings. The Bertz CT molecular complexity index is 967. The normalized spacial score (nSPS) is 17.2. The van der Waals surface area contributed by atoms with Crippen LogP contribution in [-0.2, 0) is 9.53 Å². The molecule has 1 aromatic heterocycles. The number of amides is 1. The minimum Gasteiger partial charge on any atom is -0.377 e. The predicted octanol–water partition coefficient (Wildman–Crippen LogP) is 3.99. The summed E-state index contributed by atoms with van der Waals surface area (Å²) in [7, 11) is 0. The van der Waals surface area contributed by atoms with Gasteiger partial charge in [0.2, 0.25) is 5.91 Å². The largest absolute Gasteiger partial charge is 0.377 e. The number of nitrogens with zero attached hydrogens (tertiary/aromatic N) is 2. The van der Waals surface area contributed by atoms with E-state index >= 15 is 0 Å². The fourth-order valence-corrected chi connectivity index (χ4v) is 3.54. The second kappa shape index (κ2) is 7.10. The van der Waals surface area contributed by atoms with Gasteiger partial charge in [0.15, 0.2) is 0 Å². The van der Waals surface area contributed by atoms with Gasteiger partial charge in [-0.05, 0) is 40.1 Å². The number of pyridine rings is 1. The minimum atomic E-state index is -0.140. The Labute approximate surface area is 152 Å². The molecule has 0 bridgehead atoms. The van der Waals surface area contributed by atoms with Gasteiger partial charge in [0, 0.05) is 24.5 Å². The first kappa shape index (κ1) is 16.5. The highest BCUT2D eigenvalue weighted by atomic mass is 16.5. The lowest BCUT2D eigenvalue weighted by Gasteiger charge is -2.36. The first-order valence-electron chi connectivity index (χ1n) is 8.72. The molecule has 1 atom stereocenters. The Morgan fingerprint density at radius 1 is 1.19 bits per heavy atom. The van der Waals surface area contributed by atoms with Crippen LogP contribution in [0.3, 0.4) is 0 Å². The maximum atomic E-state index is 12.3. The van der Waals surface area contributed by atoms with Crippen LogP contribution >= 0.6 is 0 Å². The van der Waals surface area contributed by atoms with Crippen LogP contribution in [0.25, 0.3) is 21.9 Å². The van der Waals surface area contributed by atoms with Crippen molar-refractivity contribution >= 4 is 16.7 Å². The van der Waals surface area contributed by atoms with Crippen LogP contribution in [-0.4, -0.2) is 35.5 Å². The molecule has 2 aromatic carbocycles. The van der Waals surface area contributed by atoms with E-state index < -0.39 is 0 Å². The van der Waals surface area contributed by atoms with E-state index in [-0.39, 0.29) is 11.9 Å². The molecular weight excluding hydrogens is 324 g/mol. The summed E-state index contributed by atoms with van der Waals surface area (Å²) in [4.78, 5) is 18.5. The Hall–Kier alpha value is -2.98. The van der Waals surface area contributed by atoms with Gasteiger partial charge >= 0.3 is 0 Å². The third-order valence-corrected chi connectivity index (χ3v) is 4.86. The van der Waals surface area contributed by atoms with Crippen LogP contribution in [0, 0.1) is 0 Å². The maximum Gasteiger partial charge on any atom is 0.246 e. The van der Waals surface area contributed by atoms with E-state index in [4.69, 9.17) is 4.74 Å². The number of hydrogen-bond donors (Lipinski definition) is 0. The van der Waals surface area contributed by atoms with Crippen molar-refractivity contribution in [3.8, 4) is 11.1 Å². The molecule has 2 heterocycles. The Morgan fingerprint density at radius 2 is 2.04 bits per heavy atom. The lowest BCUT2D eigenvalue weighted by molar-refractivity contribution is -0.134. The summed E-state index contributed by atoms with van der Waals surface area (Å²) in [5.41, 5.74) is 3.16. The molecule has 0 aliphatic carbocycles. The Kier molecular flexibility index (Phi) is 4.50. The molecule has 26 heavy (non-hydrogen) atoms. The van der Waals surface area contributed by atoms with Gasteiger partial charge in [0.05, 0.1) is 19.3 Å². The molecule has 130 valence electrons. The molecule has 3 aromatic rings. The van der Waals surface area contributed by atoms with Crippen LogP contribution in [0.2, 0.25) is 0 Å². The van der Waals surface area contributed by atoms with Crippen molar-refractivity contribution in [2.24, 2.45) is 0 Å². The molecular formula is C22H20N2O2. The van der Waals surface area contributed by atoms with Gasteiger partial charge in [-0.3, -0.25) is 9.78 Å². The van der Waals surface area contributed by atoms with E-state index in [1.165, 1.54) is 16.8 Å². The minimum absolute atomic E-state index is 0.0698. The summed E-state index contributed by atoms with van der Waals surface area (Å²) >= 11 is 0. The number of aromatic nitrogens is 1. The van der Waals surface area contributed by atoms with Crippen molar-refractivity contribution in [3.05, 3.63) is 79.1 Å². The van der Waals surface area contributed by atoms with Crippen molar-refractivity contribution in [2.45, 2.75) is 6.04 Å². The van der Waals surface area contributed by atoms with Crippen LogP contribution in [0.5, 0.6) is 0 Å². The zero-order valence-corrected chi connectivity index (χ0v) is 14.5. The third-order valence-electron chi connectivity index (χ3n) is 4.86. The number of benzene rings is 2. The SMILES string of the molecule is C=CC(=O)N1CCOCC1c1ccncc1-c1ccc2ccccc2c1. The van der Waals surface area contributed by atoms with E-state index in [0.29, 0.717) is 19.8 Å². The summed E-state index contributed by atoms with van der Waals surface area (Å²) in [6, 6.07) is 16.5. The second-order valence-corrected chi connectivity index (χ2v) is 6.35. The summed E-state index contributed by atoms with van der Waals surface area (Å²) in [6.45, 7) is 5.22. The maximum absolute atomic E-state index is 12.3. The van der Waals surface area contributed by atoms with E-state index in [2.05, 4.69) is 41.9 Å². The molecule has 1 aliphatic rings. The molecule has 1 aliphatic heterocycles. The van der Waals surface area contributed by atoms with E-state index in [1.54, 1.807) is 6.20 Å². The molecule has 4 heteroatoms. The van der Waals surface area contributed by atoms with Crippen molar-refractivity contribution in [1.29, 1.82) is 0 Å². The number of ether oxygens (including phenoxy) is 1. The zero-order chi connectivity index (χ0) is 17.9. The monoisotopic (exact) mass is 344 g/mol. The predicted molar refractivity (Wildman–Crippen MR) is 103 cm³/mol. The molecule has 0 spiro atoms. The lowest BCUT2D eigenvalue weighted by Crippen LogP contribution is -2.42. The molecule has 0 N–H and O–H groups in total. The van der Waals surface area contributed by atoms with Gasteiger partial charge in [0.25, 0.3) is 0 Å². The number of morpholine rings is 1. The van der Waals surface area contributed by atoms with Crippen LogP contribution in [0.15, 0.2) is 73.6 Å². The van der Waals surface area contributed by atoms with Crippen LogP contribution < -0.4 is 0 Å². The van der Waals surface area contributed by atoms with Gasteiger partial charge in [-0.25, -0.2) is 0 Å². The highest BCUT2D eigenvalue weighted by molar-refractivity contribution is 5.89. The average molecular weight is 344 g/mol. The van der Waals surface area contributed by atoms with E-state index in [0.717, 1.165) is 16.7 Å². The van der Waals surface area contributed by atoms with Gasteiger partial charge in [-0.15, -0.1) is 0 Å². The molecule has 4 nitrogen and oxygen atoms in total. The second-order valence-electron chi connectivity index (χ2n) is 6.35. The summed E-state index contributed by atoms with van der Waals surface area (Å²) in [6.07, 6.45) is 5.00. The fourth-order valence-electron chi connectivity index (χ4n) is 3.54. The number of fused-ring (bicyclic) bond motifs is 1. The van der Waals surface area contributed by atoms with Crippen LogP contribution in [0.4, 0.5) is 0 Å². The van der Waals surface area contributed by atoms with Gasteiger partial charge in [-0.2, -0.15) is 0 Å². The molecule has 4 rings (SSSR count). The Morgan fingerprint density at radius 3 is 2.88 bits per heavy atom. The fraction of sp³-hybridized carbons (Fsp3) is 0.182. The first-order chi connectivity index (χ1) is 12.8. The highest BCUT2D eigenvalue weighted by Gasteiger charge is 2.29. The average Bonchev–Trinajstić information content (AvgIpc) is 2.73. The van der Waals surface area contributed by atoms with Crippen molar-refractivity contribution < 1.29 is 9.53 Å². The van der Waals surface area contributed by atoms with Gasteiger partial charge in [0.1, 0.15) is 0 Å². The summed E-state index contributed by atoms with van der Waals surface area (Å²) in [5, 5.41) is 2.38. The van der Waals surface area contributed by atoms with Gasteiger partial charge in [-0.1, -0.05) is 43.0 Å². The number of carbonyl (C=O) groups excluding carboxylic acids is 1. The quantitative estimate of drug-likeness (QED) is 0.675. The van der Waals surface area contributed by atoms with E-state index in [1.807, 2.05) is 29.3 Å². The summed E-state index contributed by atoms with van der Waals surface area (Å²) in [5.74, 6) is -0.0698. The van der Waals surface area contributed by atoms with Crippen molar-refractivity contribution in [1.82, 2.24) is 9.88 Å². The standard InChI is InChI=1S/C22H20N2O2/c1-2-22(25)24-11-12-26-15-21(24)19-9-10-23-14-20(19)18-8-7-16-5-3-4-6-17(16)13-18/h2-10,13-14,21H,1,11-12,15H2. The highest BCUT2D eigenvalue weighted by Crippen LogP contribution is 2.34. The Balaban J connectivity index is 1.80. The topological polar surface area (TPSA) is 42.4 Å². The molecule has 1 unspecified atom stereocenters. The lowest BCUT2D eigenvalue weighted by atomic mass is 9.94. The number of hydrogen-bond acceptors (Lipinski definition) is 3. The zero-order valence-electron chi connectivity index (χ0n) is 14.5.